The van der Waals surface area contributed by atoms with Crippen molar-refractivity contribution in [3.05, 3.63) is 223 Å². The predicted octanol–water partition coefficient (Wildman–Crippen LogP) is 12.7. The molecule has 3 heterocycles. The van der Waals surface area contributed by atoms with Gasteiger partial charge in [-0.1, -0.05) is 152 Å². The SMILES string of the molecule is c1ccc(-c2cc(-c3ccccc3)nc(-c3cccc(-c4ccc5c(c4)Oc4cc(-c6ccncc6)ccc4C54c5ccccc5-c5ccccc54)c3)n2)cc1. The summed E-state index contributed by atoms with van der Waals surface area (Å²) >= 11 is 0. The summed E-state index contributed by atoms with van der Waals surface area (Å²) in [5.41, 5.74) is 15.9. The summed E-state index contributed by atoms with van der Waals surface area (Å²) in [5, 5.41) is 0. The van der Waals surface area contributed by atoms with Gasteiger partial charge in [-0.05, 0) is 80.9 Å². The molecule has 1 spiro atoms. The lowest BCUT2D eigenvalue weighted by Crippen LogP contribution is -2.32. The van der Waals surface area contributed by atoms with Gasteiger partial charge in [0.05, 0.1) is 16.8 Å². The number of pyridine rings is 1. The normalized spacial score (nSPS) is 12.9. The van der Waals surface area contributed by atoms with Gasteiger partial charge in [0.25, 0.3) is 0 Å². The average molecular weight is 716 g/mol. The van der Waals surface area contributed by atoms with Crippen LogP contribution >= 0.6 is 0 Å². The van der Waals surface area contributed by atoms with E-state index in [1.54, 1.807) is 0 Å². The van der Waals surface area contributed by atoms with Crippen LogP contribution in [0.25, 0.3) is 67.3 Å². The van der Waals surface area contributed by atoms with E-state index in [0.717, 1.165) is 73.0 Å². The Morgan fingerprint density at radius 3 is 1.41 bits per heavy atom. The quantitative estimate of drug-likeness (QED) is 0.178. The molecule has 0 N–H and O–H groups in total. The van der Waals surface area contributed by atoms with Crippen LogP contribution in [0, 0.1) is 0 Å². The van der Waals surface area contributed by atoms with Crippen molar-refractivity contribution in [1.82, 2.24) is 15.0 Å². The van der Waals surface area contributed by atoms with Gasteiger partial charge in [-0.15, -0.1) is 0 Å². The Morgan fingerprint density at radius 2 is 0.821 bits per heavy atom. The Kier molecular flexibility index (Phi) is 7.36. The third kappa shape index (κ3) is 5.04. The molecule has 0 atom stereocenters. The van der Waals surface area contributed by atoms with Gasteiger partial charge in [-0.3, -0.25) is 4.98 Å². The Balaban J connectivity index is 1.08. The standard InChI is InChI=1S/C52H33N3O/c1-3-12-35(13-4-1)47-33-48(36-14-5-2-6-15-36)55-51(54-47)40-17-11-16-37(30-40)39-23-25-46-50(32-39)56-49-31-38(34-26-28-53-29-27-34)22-24-45(49)52(46)43-20-9-7-18-41(43)42-19-8-10-21-44(42)52/h1-33H. The van der Waals surface area contributed by atoms with Crippen LogP contribution in [0.5, 0.6) is 11.5 Å². The maximum atomic E-state index is 7.02. The highest BCUT2D eigenvalue weighted by molar-refractivity contribution is 5.89. The van der Waals surface area contributed by atoms with Gasteiger partial charge in [0.15, 0.2) is 5.82 Å². The molecule has 4 nitrogen and oxygen atoms in total. The largest absolute Gasteiger partial charge is 0.457 e. The third-order valence-corrected chi connectivity index (χ3v) is 11.3. The number of fused-ring (bicyclic) bond motifs is 9. The predicted molar refractivity (Wildman–Crippen MR) is 224 cm³/mol. The van der Waals surface area contributed by atoms with E-state index >= 15 is 0 Å². The third-order valence-electron chi connectivity index (χ3n) is 11.3. The minimum absolute atomic E-state index is 0.549. The van der Waals surface area contributed by atoms with Crippen molar-refractivity contribution in [2.24, 2.45) is 0 Å². The molecule has 1 aliphatic carbocycles. The molecular formula is C52H33N3O. The number of ether oxygens (including phenoxy) is 1. The molecule has 4 heteroatoms. The summed E-state index contributed by atoms with van der Waals surface area (Å²) in [4.78, 5) is 14.5. The maximum absolute atomic E-state index is 7.02. The molecule has 56 heavy (non-hydrogen) atoms. The monoisotopic (exact) mass is 715 g/mol. The molecule has 0 unspecified atom stereocenters. The molecule has 7 aromatic carbocycles. The first kappa shape index (κ1) is 32.0. The number of benzene rings is 7. The zero-order chi connectivity index (χ0) is 37.1. The van der Waals surface area contributed by atoms with Crippen molar-refractivity contribution in [2.45, 2.75) is 5.41 Å². The number of rotatable bonds is 5. The fraction of sp³-hybridized carbons (Fsp3) is 0.0192. The first-order valence-electron chi connectivity index (χ1n) is 18.9. The number of aromatic nitrogens is 3. The van der Waals surface area contributed by atoms with E-state index in [9.17, 15) is 0 Å². The van der Waals surface area contributed by atoms with Crippen molar-refractivity contribution < 1.29 is 4.74 Å². The highest BCUT2D eigenvalue weighted by Gasteiger charge is 2.51. The van der Waals surface area contributed by atoms with Crippen LogP contribution in [-0.4, -0.2) is 15.0 Å². The Bertz CT molecular complexity index is 2840. The lowest BCUT2D eigenvalue weighted by molar-refractivity contribution is 0.437. The van der Waals surface area contributed by atoms with E-state index in [-0.39, 0.29) is 0 Å². The Morgan fingerprint density at radius 1 is 0.339 bits per heavy atom. The Labute approximate surface area is 325 Å². The number of hydrogen-bond acceptors (Lipinski definition) is 4. The molecular weight excluding hydrogens is 683 g/mol. The van der Waals surface area contributed by atoms with Crippen molar-refractivity contribution in [3.63, 3.8) is 0 Å². The van der Waals surface area contributed by atoms with E-state index < -0.39 is 5.41 Å². The first-order chi connectivity index (χ1) is 27.7. The Hall–Kier alpha value is -7.43. The minimum atomic E-state index is -0.549. The van der Waals surface area contributed by atoms with Gasteiger partial charge >= 0.3 is 0 Å². The smallest absolute Gasteiger partial charge is 0.160 e. The van der Waals surface area contributed by atoms with E-state index in [0.29, 0.717) is 5.82 Å². The second kappa shape index (κ2) is 12.9. The van der Waals surface area contributed by atoms with Gasteiger partial charge < -0.3 is 4.74 Å². The molecule has 0 saturated heterocycles. The van der Waals surface area contributed by atoms with Crippen LogP contribution in [0.1, 0.15) is 22.3 Å². The molecule has 2 aliphatic rings. The first-order valence-corrected chi connectivity index (χ1v) is 18.9. The average Bonchev–Trinajstić information content (AvgIpc) is 3.57. The van der Waals surface area contributed by atoms with Gasteiger partial charge in [-0.25, -0.2) is 9.97 Å². The highest BCUT2D eigenvalue weighted by atomic mass is 16.5. The molecule has 0 fully saturated rings. The summed E-state index contributed by atoms with van der Waals surface area (Å²) in [5.74, 6) is 2.37. The molecule has 11 rings (SSSR count). The van der Waals surface area contributed by atoms with Crippen LogP contribution in [0.4, 0.5) is 0 Å². The zero-order valence-electron chi connectivity index (χ0n) is 30.3. The van der Waals surface area contributed by atoms with Gasteiger partial charge in [0.1, 0.15) is 11.5 Å². The topological polar surface area (TPSA) is 47.9 Å². The van der Waals surface area contributed by atoms with E-state index in [1.807, 2.05) is 60.9 Å². The lowest BCUT2D eigenvalue weighted by Gasteiger charge is -2.39. The minimum Gasteiger partial charge on any atom is -0.457 e. The van der Waals surface area contributed by atoms with Gasteiger partial charge in [0.2, 0.25) is 0 Å². The summed E-state index contributed by atoms with van der Waals surface area (Å²) in [6, 6.07) is 66.3. The van der Waals surface area contributed by atoms with Crippen molar-refractivity contribution >= 4 is 0 Å². The van der Waals surface area contributed by atoms with E-state index in [2.05, 4.69) is 145 Å². The summed E-state index contributed by atoms with van der Waals surface area (Å²) in [7, 11) is 0. The van der Waals surface area contributed by atoms with Gasteiger partial charge in [0, 0.05) is 40.2 Å². The van der Waals surface area contributed by atoms with Crippen molar-refractivity contribution in [1.29, 1.82) is 0 Å². The second-order valence-electron chi connectivity index (χ2n) is 14.4. The summed E-state index contributed by atoms with van der Waals surface area (Å²) in [6.45, 7) is 0. The van der Waals surface area contributed by atoms with E-state index in [4.69, 9.17) is 14.7 Å². The fourth-order valence-electron chi connectivity index (χ4n) is 8.74. The molecule has 1 aliphatic heterocycles. The second-order valence-corrected chi connectivity index (χ2v) is 14.4. The van der Waals surface area contributed by atoms with Crippen molar-refractivity contribution in [3.8, 4) is 78.8 Å². The molecule has 2 aromatic heterocycles. The molecule has 0 amide bonds. The van der Waals surface area contributed by atoms with Crippen LogP contribution in [0.2, 0.25) is 0 Å². The molecule has 0 radical (unpaired) electrons. The van der Waals surface area contributed by atoms with E-state index in [1.165, 1.54) is 22.3 Å². The molecule has 9 aromatic rings. The zero-order valence-corrected chi connectivity index (χ0v) is 30.3. The lowest BCUT2D eigenvalue weighted by atomic mass is 9.65. The molecule has 0 bridgehead atoms. The van der Waals surface area contributed by atoms with Gasteiger partial charge in [-0.2, -0.15) is 0 Å². The fourth-order valence-corrected chi connectivity index (χ4v) is 8.74. The molecule has 262 valence electrons. The van der Waals surface area contributed by atoms with Crippen LogP contribution in [0.3, 0.4) is 0 Å². The van der Waals surface area contributed by atoms with Crippen LogP contribution < -0.4 is 4.74 Å². The molecule has 0 saturated carbocycles. The summed E-state index contributed by atoms with van der Waals surface area (Å²) in [6.07, 6.45) is 3.67. The summed E-state index contributed by atoms with van der Waals surface area (Å²) < 4.78 is 7.02. The highest BCUT2D eigenvalue weighted by Crippen LogP contribution is 2.62. The maximum Gasteiger partial charge on any atom is 0.160 e. The van der Waals surface area contributed by atoms with Crippen LogP contribution in [-0.2, 0) is 5.41 Å². The number of nitrogens with zero attached hydrogens (tertiary/aromatic N) is 3. The van der Waals surface area contributed by atoms with Crippen molar-refractivity contribution in [2.75, 3.05) is 0 Å². The number of hydrogen-bond donors (Lipinski definition) is 0. The van der Waals surface area contributed by atoms with Crippen LogP contribution in [0.15, 0.2) is 200 Å².